The number of carbonyl (C=O) groups is 1. The Morgan fingerprint density at radius 1 is 1.33 bits per heavy atom. The highest BCUT2D eigenvalue weighted by Crippen LogP contribution is 2.31. The Hall–Kier alpha value is -1.24. The molecule has 21 heavy (non-hydrogen) atoms. The van der Waals surface area contributed by atoms with E-state index >= 15 is 0 Å². The number of carbonyl (C=O) groups excluding carboxylic acids is 1. The SMILES string of the molecule is O=C(N[C@H]1CCS(=O)(=O)C1)c1cc2c(Cl)c(Cl)ccc2[nH]1. The molecule has 0 radical (unpaired) electrons. The van der Waals surface area contributed by atoms with Gasteiger partial charge in [0.2, 0.25) is 0 Å². The van der Waals surface area contributed by atoms with Crippen LogP contribution < -0.4 is 5.32 Å². The Bertz CT molecular complexity index is 829. The molecular weight excluding hydrogens is 335 g/mol. The normalized spacial score (nSPS) is 20.8. The van der Waals surface area contributed by atoms with Gasteiger partial charge in [-0.3, -0.25) is 4.79 Å². The molecule has 0 saturated carbocycles. The van der Waals surface area contributed by atoms with E-state index in [1.54, 1.807) is 18.2 Å². The summed E-state index contributed by atoms with van der Waals surface area (Å²) in [6, 6.07) is 4.66. The van der Waals surface area contributed by atoms with Crippen LogP contribution in [0.2, 0.25) is 10.0 Å². The van der Waals surface area contributed by atoms with Crippen molar-refractivity contribution in [3.05, 3.63) is 33.9 Å². The minimum atomic E-state index is -3.02. The first-order valence-corrected chi connectivity index (χ1v) is 8.91. The van der Waals surface area contributed by atoms with Crippen LogP contribution in [0.4, 0.5) is 0 Å². The fourth-order valence-corrected chi connectivity index (χ4v) is 4.49. The maximum absolute atomic E-state index is 12.2. The minimum absolute atomic E-state index is 0.00838. The molecule has 0 aliphatic carbocycles. The van der Waals surface area contributed by atoms with Crippen molar-refractivity contribution in [2.24, 2.45) is 0 Å². The van der Waals surface area contributed by atoms with E-state index in [2.05, 4.69) is 10.3 Å². The van der Waals surface area contributed by atoms with Gasteiger partial charge in [0.1, 0.15) is 5.69 Å². The van der Waals surface area contributed by atoms with Crippen LogP contribution in [0, 0.1) is 0 Å². The van der Waals surface area contributed by atoms with Gasteiger partial charge in [-0.05, 0) is 24.6 Å². The van der Waals surface area contributed by atoms with Crippen LogP contribution in [-0.2, 0) is 9.84 Å². The molecule has 1 saturated heterocycles. The van der Waals surface area contributed by atoms with Crippen molar-refractivity contribution < 1.29 is 13.2 Å². The summed E-state index contributed by atoms with van der Waals surface area (Å²) in [6.45, 7) is 0. The lowest BCUT2D eigenvalue weighted by Crippen LogP contribution is -2.35. The molecule has 0 unspecified atom stereocenters. The number of benzene rings is 1. The second kappa shape index (κ2) is 5.19. The van der Waals surface area contributed by atoms with Crippen LogP contribution in [0.25, 0.3) is 10.9 Å². The zero-order chi connectivity index (χ0) is 15.2. The van der Waals surface area contributed by atoms with E-state index in [-0.39, 0.29) is 23.5 Å². The van der Waals surface area contributed by atoms with Gasteiger partial charge in [0.05, 0.1) is 21.6 Å². The molecule has 1 amide bonds. The number of H-pyrrole nitrogens is 1. The summed E-state index contributed by atoms with van der Waals surface area (Å²) < 4.78 is 22.8. The van der Waals surface area contributed by atoms with Crippen LogP contribution in [0.3, 0.4) is 0 Å². The highest BCUT2D eigenvalue weighted by atomic mass is 35.5. The number of fused-ring (bicyclic) bond motifs is 1. The molecule has 2 heterocycles. The van der Waals surface area contributed by atoms with Crippen molar-refractivity contribution in [3.63, 3.8) is 0 Å². The summed E-state index contributed by atoms with van der Waals surface area (Å²) in [5, 5.41) is 4.18. The second-order valence-electron chi connectivity index (χ2n) is 5.08. The maximum Gasteiger partial charge on any atom is 0.267 e. The average Bonchev–Trinajstić information content (AvgIpc) is 2.98. The molecule has 2 N–H and O–H groups in total. The van der Waals surface area contributed by atoms with Crippen LogP contribution in [-0.4, -0.2) is 36.9 Å². The zero-order valence-corrected chi connectivity index (χ0v) is 13.1. The molecule has 112 valence electrons. The van der Waals surface area contributed by atoms with E-state index in [0.717, 1.165) is 0 Å². The molecule has 2 aromatic rings. The molecule has 3 rings (SSSR count). The van der Waals surface area contributed by atoms with Crippen molar-refractivity contribution in [2.75, 3.05) is 11.5 Å². The van der Waals surface area contributed by atoms with Crippen LogP contribution in [0.15, 0.2) is 18.2 Å². The Morgan fingerprint density at radius 2 is 2.10 bits per heavy atom. The van der Waals surface area contributed by atoms with Gasteiger partial charge >= 0.3 is 0 Å². The van der Waals surface area contributed by atoms with Crippen LogP contribution in [0.1, 0.15) is 16.9 Å². The number of hydrogen-bond acceptors (Lipinski definition) is 3. The third kappa shape index (κ3) is 2.88. The number of nitrogens with one attached hydrogen (secondary N) is 2. The highest BCUT2D eigenvalue weighted by molar-refractivity contribution is 7.91. The van der Waals surface area contributed by atoms with Gasteiger partial charge in [-0.25, -0.2) is 8.42 Å². The highest BCUT2D eigenvalue weighted by Gasteiger charge is 2.29. The van der Waals surface area contributed by atoms with Crippen molar-refractivity contribution in [1.29, 1.82) is 0 Å². The largest absolute Gasteiger partial charge is 0.350 e. The van der Waals surface area contributed by atoms with Crippen LogP contribution in [0.5, 0.6) is 0 Å². The third-order valence-electron chi connectivity index (χ3n) is 3.50. The Morgan fingerprint density at radius 3 is 2.76 bits per heavy atom. The van der Waals surface area contributed by atoms with E-state index in [4.69, 9.17) is 23.2 Å². The molecule has 1 atom stereocenters. The van der Waals surface area contributed by atoms with Gasteiger partial charge in [-0.1, -0.05) is 23.2 Å². The second-order valence-corrected chi connectivity index (χ2v) is 8.09. The number of aromatic amines is 1. The summed E-state index contributed by atoms with van der Waals surface area (Å²) in [7, 11) is -3.02. The predicted molar refractivity (Wildman–Crippen MR) is 82.8 cm³/mol. The number of amides is 1. The monoisotopic (exact) mass is 346 g/mol. The first-order chi connectivity index (χ1) is 9.85. The van der Waals surface area contributed by atoms with Gasteiger partial charge in [0.25, 0.3) is 5.91 Å². The fraction of sp³-hybridized carbons (Fsp3) is 0.308. The topological polar surface area (TPSA) is 79.0 Å². The summed E-state index contributed by atoms with van der Waals surface area (Å²) in [5.74, 6) is -0.238. The summed E-state index contributed by atoms with van der Waals surface area (Å²) in [6.07, 6.45) is 0.445. The summed E-state index contributed by atoms with van der Waals surface area (Å²) in [5.41, 5.74) is 1.03. The van der Waals surface area contributed by atoms with Crippen LogP contribution >= 0.6 is 23.2 Å². The molecule has 8 heteroatoms. The first kappa shape index (κ1) is 14.7. The molecule has 1 aliphatic rings. The molecule has 1 aliphatic heterocycles. The quantitative estimate of drug-likeness (QED) is 0.876. The lowest BCUT2D eigenvalue weighted by Gasteiger charge is -2.09. The van der Waals surface area contributed by atoms with Gasteiger partial charge < -0.3 is 10.3 Å². The lowest BCUT2D eigenvalue weighted by molar-refractivity contribution is 0.0937. The Labute approximate surface area is 131 Å². The molecule has 1 fully saturated rings. The Kier molecular flexibility index (Phi) is 3.63. The maximum atomic E-state index is 12.2. The molecule has 0 bridgehead atoms. The van der Waals surface area contributed by atoms with Gasteiger partial charge in [-0.2, -0.15) is 0 Å². The van der Waals surface area contributed by atoms with Crippen molar-refractivity contribution in [1.82, 2.24) is 10.3 Å². The smallest absolute Gasteiger partial charge is 0.267 e. The lowest BCUT2D eigenvalue weighted by atomic mass is 10.2. The van der Waals surface area contributed by atoms with Crippen molar-refractivity contribution in [3.8, 4) is 0 Å². The van der Waals surface area contributed by atoms with E-state index in [0.29, 0.717) is 33.1 Å². The third-order valence-corrected chi connectivity index (χ3v) is 6.09. The predicted octanol–water partition coefficient (Wildman–Crippen LogP) is 2.39. The molecular formula is C13H12Cl2N2O3S. The Balaban J connectivity index is 1.84. The number of hydrogen-bond donors (Lipinski definition) is 2. The zero-order valence-electron chi connectivity index (χ0n) is 10.8. The van der Waals surface area contributed by atoms with E-state index in [1.807, 2.05) is 0 Å². The van der Waals surface area contributed by atoms with E-state index in [9.17, 15) is 13.2 Å². The molecule has 5 nitrogen and oxygen atoms in total. The van der Waals surface area contributed by atoms with E-state index in [1.165, 1.54) is 0 Å². The van der Waals surface area contributed by atoms with Gasteiger partial charge in [0.15, 0.2) is 9.84 Å². The fourth-order valence-electron chi connectivity index (χ4n) is 2.44. The van der Waals surface area contributed by atoms with Gasteiger partial charge in [0, 0.05) is 16.9 Å². The number of sulfone groups is 1. The molecule has 0 spiro atoms. The average molecular weight is 347 g/mol. The standard InChI is InChI=1S/C13H12Cl2N2O3S/c14-9-1-2-10-8(12(9)15)5-11(17-10)13(18)16-7-3-4-21(19,20)6-7/h1-2,5,7,17H,3-4,6H2,(H,16,18)/t7-/m0/s1. The first-order valence-electron chi connectivity index (χ1n) is 6.34. The van der Waals surface area contributed by atoms with Gasteiger partial charge in [-0.15, -0.1) is 0 Å². The molecule has 1 aromatic carbocycles. The summed E-state index contributed by atoms with van der Waals surface area (Å²) >= 11 is 12.0. The number of aromatic nitrogens is 1. The van der Waals surface area contributed by atoms with Crippen molar-refractivity contribution >= 4 is 49.8 Å². The number of halogens is 2. The molecule has 1 aromatic heterocycles. The minimum Gasteiger partial charge on any atom is -0.350 e. The van der Waals surface area contributed by atoms with E-state index < -0.39 is 9.84 Å². The van der Waals surface area contributed by atoms with Crippen molar-refractivity contribution in [2.45, 2.75) is 12.5 Å². The summed E-state index contributed by atoms with van der Waals surface area (Å²) in [4.78, 5) is 15.1. The number of rotatable bonds is 2.